The first-order valence-corrected chi connectivity index (χ1v) is 5.19. The molecule has 0 fully saturated rings. The van der Waals surface area contributed by atoms with Crippen LogP contribution in [0.25, 0.3) is 0 Å². The molecule has 1 heterocycles. The Bertz CT molecular complexity index is 260. The van der Waals surface area contributed by atoms with Gasteiger partial charge in [-0.3, -0.25) is 0 Å². The van der Waals surface area contributed by atoms with Crippen LogP contribution in [0.3, 0.4) is 0 Å². The summed E-state index contributed by atoms with van der Waals surface area (Å²) >= 11 is 1.63. The quantitative estimate of drug-likeness (QED) is 0.785. The van der Waals surface area contributed by atoms with Gasteiger partial charge in [0.2, 0.25) is 0 Å². The van der Waals surface area contributed by atoms with Gasteiger partial charge in [0, 0.05) is 18.3 Å². The van der Waals surface area contributed by atoms with E-state index in [-0.39, 0.29) is 6.10 Å². The van der Waals surface area contributed by atoms with Crippen LogP contribution in [-0.2, 0) is 6.42 Å². The summed E-state index contributed by atoms with van der Waals surface area (Å²) in [5.41, 5.74) is 0.997. The van der Waals surface area contributed by atoms with E-state index in [1.54, 1.807) is 11.3 Å². The molecule has 0 saturated heterocycles. The minimum atomic E-state index is -0.309. The Balaban J connectivity index is 2.40. The lowest BCUT2D eigenvalue weighted by molar-refractivity contribution is 0.136. The molecule has 74 valence electrons. The highest BCUT2D eigenvalue weighted by Crippen LogP contribution is 2.09. The van der Waals surface area contributed by atoms with Crippen LogP contribution in [0.1, 0.15) is 10.7 Å². The van der Waals surface area contributed by atoms with Crippen molar-refractivity contribution in [3.8, 4) is 0 Å². The van der Waals surface area contributed by atoms with E-state index in [0.717, 1.165) is 10.7 Å². The van der Waals surface area contributed by atoms with Gasteiger partial charge in [-0.1, -0.05) is 0 Å². The summed E-state index contributed by atoms with van der Waals surface area (Å²) in [4.78, 5) is 6.27. The fraction of sp³-hybridized carbons (Fsp3) is 0.667. The van der Waals surface area contributed by atoms with Crippen molar-refractivity contribution in [3.05, 3.63) is 16.1 Å². The molecule has 0 saturated carbocycles. The highest BCUT2D eigenvalue weighted by Gasteiger charge is 2.08. The van der Waals surface area contributed by atoms with Crippen molar-refractivity contribution in [1.29, 1.82) is 0 Å². The average Bonchev–Trinajstić information content (AvgIpc) is 2.33. The van der Waals surface area contributed by atoms with E-state index in [0.29, 0.717) is 13.0 Å². The SMILES string of the molecule is Cc1nc(CC(O)CN(C)C)cs1. The number of thiazole rings is 1. The molecule has 3 nitrogen and oxygen atoms in total. The van der Waals surface area contributed by atoms with Crippen LogP contribution >= 0.6 is 11.3 Å². The summed E-state index contributed by atoms with van der Waals surface area (Å²) in [6.45, 7) is 2.67. The maximum Gasteiger partial charge on any atom is 0.0897 e. The second kappa shape index (κ2) is 4.69. The molecule has 1 rings (SSSR count). The maximum atomic E-state index is 9.61. The molecule has 0 aliphatic carbocycles. The predicted octanol–water partition coefficient (Wildman–Crippen LogP) is 0.917. The van der Waals surface area contributed by atoms with E-state index in [4.69, 9.17) is 0 Å². The third-order valence-corrected chi connectivity index (χ3v) is 2.51. The number of nitrogens with zero attached hydrogens (tertiary/aromatic N) is 2. The molecule has 1 N–H and O–H groups in total. The number of aromatic nitrogens is 1. The van der Waals surface area contributed by atoms with Gasteiger partial charge in [-0.25, -0.2) is 4.98 Å². The fourth-order valence-corrected chi connectivity index (χ4v) is 1.85. The normalized spacial score (nSPS) is 13.6. The lowest BCUT2D eigenvalue weighted by Crippen LogP contribution is -2.27. The molecule has 0 amide bonds. The van der Waals surface area contributed by atoms with E-state index in [2.05, 4.69) is 4.98 Å². The molecular weight excluding hydrogens is 184 g/mol. The number of likely N-dealkylation sites (N-methyl/N-ethyl adjacent to an activating group) is 1. The first kappa shape index (κ1) is 10.6. The monoisotopic (exact) mass is 200 g/mol. The highest BCUT2D eigenvalue weighted by atomic mass is 32.1. The van der Waals surface area contributed by atoms with E-state index < -0.39 is 0 Å². The second-order valence-corrected chi connectivity index (χ2v) is 4.54. The Kier molecular flexibility index (Phi) is 3.84. The molecule has 0 aromatic carbocycles. The summed E-state index contributed by atoms with van der Waals surface area (Å²) < 4.78 is 0. The standard InChI is InChI=1S/C9H16N2OS/c1-7-10-8(6-13-7)4-9(12)5-11(2)3/h6,9,12H,4-5H2,1-3H3. The van der Waals surface area contributed by atoms with Crippen LogP contribution in [0.5, 0.6) is 0 Å². The zero-order valence-electron chi connectivity index (χ0n) is 8.32. The summed E-state index contributed by atoms with van der Waals surface area (Å²) in [5.74, 6) is 0. The zero-order valence-corrected chi connectivity index (χ0v) is 9.14. The van der Waals surface area contributed by atoms with Crippen LogP contribution < -0.4 is 0 Å². The first-order valence-electron chi connectivity index (χ1n) is 4.31. The number of aliphatic hydroxyl groups is 1. The van der Waals surface area contributed by atoms with Gasteiger partial charge in [0.05, 0.1) is 16.8 Å². The van der Waals surface area contributed by atoms with Gasteiger partial charge in [0.25, 0.3) is 0 Å². The van der Waals surface area contributed by atoms with Gasteiger partial charge < -0.3 is 10.0 Å². The number of aryl methyl sites for hydroxylation is 1. The van der Waals surface area contributed by atoms with Gasteiger partial charge >= 0.3 is 0 Å². The van der Waals surface area contributed by atoms with Crippen LogP contribution in [0, 0.1) is 6.92 Å². The van der Waals surface area contributed by atoms with Crippen LogP contribution in [0.15, 0.2) is 5.38 Å². The summed E-state index contributed by atoms with van der Waals surface area (Å²) in [7, 11) is 3.91. The number of hydrogen-bond donors (Lipinski definition) is 1. The van der Waals surface area contributed by atoms with Crippen molar-refractivity contribution >= 4 is 11.3 Å². The Hall–Kier alpha value is -0.450. The molecular formula is C9H16N2OS. The molecule has 1 unspecified atom stereocenters. The van der Waals surface area contributed by atoms with Crippen molar-refractivity contribution in [2.75, 3.05) is 20.6 Å². The third-order valence-electron chi connectivity index (χ3n) is 1.69. The summed E-state index contributed by atoms with van der Waals surface area (Å²) in [6.07, 6.45) is 0.346. The molecule has 1 atom stereocenters. The lowest BCUT2D eigenvalue weighted by atomic mass is 10.2. The molecule has 1 aromatic rings. The number of aliphatic hydroxyl groups excluding tert-OH is 1. The van der Waals surface area contributed by atoms with Gasteiger partial charge in [-0.05, 0) is 21.0 Å². The van der Waals surface area contributed by atoms with Gasteiger partial charge in [0.1, 0.15) is 0 Å². The average molecular weight is 200 g/mol. The van der Waals surface area contributed by atoms with Gasteiger partial charge in [0.15, 0.2) is 0 Å². The van der Waals surface area contributed by atoms with Crippen LogP contribution in [-0.4, -0.2) is 41.7 Å². The highest BCUT2D eigenvalue weighted by molar-refractivity contribution is 7.09. The van der Waals surface area contributed by atoms with Crippen molar-refractivity contribution < 1.29 is 5.11 Å². The Labute approximate surface area is 83.0 Å². The fourth-order valence-electron chi connectivity index (χ4n) is 1.23. The Morgan fingerprint density at radius 1 is 1.62 bits per heavy atom. The van der Waals surface area contributed by atoms with E-state index in [1.165, 1.54) is 0 Å². The molecule has 4 heteroatoms. The van der Waals surface area contributed by atoms with Gasteiger partial charge in [-0.2, -0.15) is 0 Å². The Morgan fingerprint density at radius 2 is 2.31 bits per heavy atom. The first-order chi connectivity index (χ1) is 6.08. The topological polar surface area (TPSA) is 36.4 Å². The second-order valence-electron chi connectivity index (χ2n) is 3.48. The molecule has 0 bridgehead atoms. The summed E-state index contributed by atoms with van der Waals surface area (Å²) in [5, 5.41) is 12.7. The molecule has 0 aliphatic rings. The van der Waals surface area contributed by atoms with Crippen LogP contribution in [0.4, 0.5) is 0 Å². The minimum Gasteiger partial charge on any atom is -0.391 e. The van der Waals surface area contributed by atoms with Crippen molar-refractivity contribution in [3.63, 3.8) is 0 Å². The molecule has 0 aliphatic heterocycles. The third kappa shape index (κ3) is 3.85. The molecule has 0 radical (unpaired) electrons. The van der Waals surface area contributed by atoms with Crippen molar-refractivity contribution in [2.24, 2.45) is 0 Å². The number of rotatable bonds is 4. The lowest BCUT2D eigenvalue weighted by Gasteiger charge is -2.14. The smallest absolute Gasteiger partial charge is 0.0897 e. The predicted molar refractivity (Wildman–Crippen MR) is 55.1 cm³/mol. The van der Waals surface area contributed by atoms with E-state index in [1.807, 2.05) is 31.3 Å². The minimum absolute atomic E-state index is 0.309. The largest absolute Gasteiger partial charge is 0.391 e. The maximum absolute atomic E-state index is 9.61. The van der Waals surface area contributed by atoms with Crippen molar-refractivity contribution in [2.45, 2.75) is 19.4 Å². The van der Waals surface area contributed by atoms with E-state index in [9.17, 15) is 5.11 Å². The van der Waals surface area contributed by atoms with E-state index >= 15 is 0 Å². The number of hydrogen-bond acceptors (Lipinski definition) is 4. The van der Waals surface area contributed by atoms with Crippen LogP contribution in [0.2, 0.25) is 0 Å². The molecule has 0 spiro atoms. The van der Waals surface area contributed by atoms with Crippen molar-refractivity contribution in [1.82, 2.24) is 9.88 Å². The summed E-state index contributed by atoms with van der Waals surface area (Å²) in [6, 6.07) is 0. The molecule has 1 aromatic heterocycles. The zero-order chi connectivity index (χ0) is 9.84. The molecule has 13 heavy (non-hydrogen) atoms. The van der Waals surface area contributed by atoms with Gasteiger partial charge in [-0.15, -0.1) is 11.3 Å². The Morgan fingerprint density at radius 3 is 2.77 bits per heavy atom.